The van der Waals surface area contributed by atoms with Gasteiger partial charge in [-0.1, -0.05) is 48.5 Å². The van der Waals surface area contributed by atoms with Crippen molar-refractivity contribution >= 4 is 27.6 Å². The van der Waals surface area contributed by atoms with Gasteiger partial charge in [0.25, 0.3) is 0 Å². The van der Waals surface area contributed by atoms with Crippen molar-refractivity contribution in [2.24, 2.45) is 0 Å². The summed E-state index contributed by atoms with van der Waals surface area (Å²) in [5.74, 6) is -0.0542. The number of pyridine rings is 1. The summed E-state index contributed by atoms with van der Waals surface area (Å²) in [7, 11) is 0. The number of hydrogen-bond donors (Lipinski definition) is 1. The molecule has 3 nitrogen and oxygen atoms in total. The average molecular weight is 299 g/mol. The molecule has 1 N–H and O–H groups in total. The van der Waals surface area contributed by atoms with Crippen molar-refractivity contribution < 1.29 is 4.79 Å². The number of benzene rings is 3. The molecule has 110 valence electrons. The number of aromatic nitrogens is 1. The Labute approximate surface area is 132 Å². The summed E-state index contributed by atoms with van der Waals surface area (Å²) in [5, 5.41) is 1.25. The molecule has 3 heteroatoms. The van der Waals surface area contributed by atoms with E-state index in [1.807, 2.05) is 36.4 Å². The monoisotopic (exact) mass is 299 g/mol. The number of carbonyl (C=O) groups is 1. The minimum absolute atomic E-state index is 0.0203. The van der Waals surface area contributed by atoms with Gasteiger partial charge in [-0.25, -0.2) is 0 Å². The Morgan fingerprint density at radius 2 is 1.39 bits per heavy atom. The maximum atomic E-state index is 12.5. The van der Waals surface area contributed by atoms with Crippen molar-refractivity contribution in [2.45, 2.75) is 0 Å². The lowest BCUT2D eigenvalue weighted by molar-refractivity contribution is 0.103. The van der Waals surface area contributed by atoms with Crippen molar-refractivity contribution in [1.82, 2.24) is 4.98 Å². The van der Waals surface area contributed by atoms with Gasteiger partial charge in [-0.05, 0) is 24.3 Å². The number of rotatable bonds is 2. The van der Waals surface area contributed by atoms with E-state index in [4.69, 9.17) is 0 Å². The highest BCUT2D eigenvalue weighted by Crippen LogP contribution is 2.18. The second-order valence-electron chi connectivity index (χ2n) is 5.46. The van der Waals surface area contributed by atoms with Crippen LogP contribution >= 0.6 is 0 Å². The minimum atomic E-state index is -0.0542. The van der Waals surface area contributed by atoms with E-state index in [0.717, 1.165) is 5.52 Å². The second kappa shape index (κ2) is 5.21. The number of aromatic amines is 1. The van der Waals surface area contributed by atoms with Gasteiger partial charge in [-0.2, -0.15) is 0 Å². The molecule has 3 aromatic carbocycles. The number of H-pyrrole nitrogens is 1. The molecule has 0 spiro atoms. The third-order valence-electron chi connectivity index (χ3n) is 4.00. The maximum absolute atomic E-state index is 12.5. The van der Waals surface area contributed by atoms with Crippen LogP contribution in [-0.2, 0) is 0 Å². The zero-order valence-electron chi connectivity index (χ0n) is 12.2. The Morgan fingerprint density at radius 3 is 2.22 bits per heavy atom. The lowest BCUT2D eigenvalue weighted by Crippen LogP contribution is -2.06. The smallest absolute Gasteiger partial charge is 0.197 e. The van der Waals surface area contributed by atoms with Crippen molar-refractivity contribution in [2.75, 3.05) is 0 Å². The number of ketones is 1. The molecule has 0 fully saturated rings. The SMILES string of the molecule is O=C(c1ccccc1)c1ccc2c(=O)c3ccccc3[nH]c2c1. The Kier molecular flexibility index (Phi) is 3.05. The first kappa shape index (κ1) is 13.5. The van der Waals surface area contributed by atoms with Gasteiger partial charge in [0.15, 0.2) is 11.2 Å². The van der Waals surface area contributed by atoms with Gasteiger partial charge < -0.3 is 4.98 Å². The van der Waals surface area contributed by atoms with Crippen LogP contribution in [0.4, 0.5) is 0 Å². The Morgan fingerprint density at radius 1 is 0.696 bits per heavy atom. The molecule has 4 rings (SSSR count). The highest BCUT2D eigenvalue weighted by molar-refractivity contribution is 6.10. The maximum Gasteiger partial charge on any atom is 0.197 e. The summed E-state index contributed by atoms with van der Waals surface area (Å²) < 4.78 is 0. The molecule has 0 bridgehead atoms. The predicted octanol–water partition coefficient (Wildman–Crippen LogP) is 3.91. The first-order valence-electron chi connectivity index (χ1n) is 7.38. The van der Waals surface area contributed by atoms with Gasteiger partial charge in [-0.15, -0.1) is 0 Å². The lowest BCUT2D eigenvalue weighted by Gasteiger charge is -2.05. The topological polar surface area (TPSA) is 49.9 Å². The van der Waals surface area contributed by atoms with E-state index in [-0.39, 0.29) is 11.2 Å². The predicted molar refractivity (Wildman–Crippen MR) is 91.9 cm³/mol. The number of nitrogens with one attached hydrogen (secondary N) is 1. The molecule has 0 aliphatic heterocycles. The van der Waals surface area contributed by atoms with E-state index in [1.54, 1.807) is 36.4 Å². The lowest BCUT2D eigenvalue weighted by atomic mass is 10.0. The van der Waals surface area contributed by atoms with Crippen LogP contribution in [0, 0.1) is 0 Å². The first-order valence-corrected chi connectivity index (χ1v) is 7.38. The number of fused-ring (bicyclic) bond motifs is 2. The van der Waals surface area contributed by atoms with E-state index in [1.165, 1.54) is 0 Å². The summed E-state index contributed by atoms with van der Waals surface area (Å²) in [6.45, 7) is 0. The van der Waals surface area contributed by atoms with Crippen LogP contribution in [0.2, 0.25) is 0 Å². The third kappa shape index (κ3) is 2.23. The second-order valence-corrected chi connectivity index (χ2v) is 5.46. The highest BCUT2D eigenvalue weighted by atomic mass is 16.1. The van der Waals surface area contributed by atoms with E-state index >= 15 is 0 Å². The van der Waals surface area contributed by atoms with Gasteiger partial charge in [-0.3, -0.25) is 9.59 Å². The van der Waals surface area contributed by atoms with Gasteiger partial charge >= 0.3 is 0 Å². The largest absolute Gasteiger partial charge is 0.354 e. The molecule has 0 atom stereocenters. The molecule has 1 aromatic heterocycles. The van der Waals surface area contributed by atoms with E-state index < -0.39 is 0 Å². The fourth-order valence-electron chi connectivity index (χ4n) is 2.82. The molecule has 0 amide bonds. The van der Waals surface area contributed by atoms with Crippen LogP contribution in [0.3, 0.4) is 0 Å². The first-order chi connectivity index (χ1) is 11.2. The molecule has 0 saturated carbocycles. The van der Waals surface area contributed by atoms with Crippen LogP contribution in [-0.4, -0.2) is 10.8 Å². The van der Waals surface area contributed by atoms with Crippen LogP contribution in [0.25, 0.3) is 21.8 Å². The molecular formula is C20H13NO2. The van der Waals surface area contributed by atoms with Crippen LogP contribution in [0.1, 0.15) is 15.9 Å². The molecule has 4 aromatic rings. The fourth-order valence-corrected chi connectivity index (χ4v) is 2.82. The summed E-state index contributed by atoms with van der Waals surface area (Å²) in [6, 6.07) is 21.7. The van der Waals surface area contributed by atoms with Crippen LogP contribution in [0.15, 0.2) is 77.6 Å². The van der Waals surface area contributed by atoms with Crippen LogP contribution in [0.5, 0.6) is 0 Å². The molecule has 23 heavy (non-hydrogen) atoms. The number of hydrogen-bond acceptors (Lipinski definition) is 2. The zero-order chi connectivity index (χ0) is 15.8. The summed E-state index contributed by atoms with van der Waals surface area (Å²) in [4.78, 5) is 28.3. The van der Waals surface area contributed by atoms with Gasteiger partial charge in [0.05, 0.1) is 5.52 Å². The molecule has 0 saturated heterocycles. The van der Waals surface area contributed by atoms with Crippen molar-refractivity contribution in [3.05, 3.63) is 94.1 Å². The highest BCUT2D eigenvalue weighted by Gasteiger charge is 2.11. The third-order valence-corrected chi connectivity index (χ3v) is 4.00. The summed E-state index contributed by atoms with van der Waals surface area (Å²) in [6.07, 6.45) is 0. The van der Waals surface area contributed by atoms with Crippen molar-refractivity contribution in [3.63, 3.8) is 0 Å². The molecule has 0 unspecified atom stereocenters. The summed E-state index contributed by atoms with van der Waals surface area (Å²) >= 11 is 0. The number of carbonyl (C=O) groups excluding carboxylic acids is 1. The standard InChI is InChI=1S/C20H13NO2/c22-19(13-6-2-1-3-7-13)14-10-11-16-18(12-14)21-17-9-5-4-8-15(17)20(16)23/h1-12H,(H,21,23). The average Bonchev–Trinajstić information content (AvgIpc) is 2.61. The van der Waals surface area contributed by atoms with Crippen molar-refractivity contribution in [3.8, 4) is 0 Å². The molecular weight excluding hydrogens is 286 g/mol. The molecule has 0 aliphatic rings. The quantitative estimate of drug-likeness (QED) is 0.450. The van der Waals surface area contributed by atoms with Gasteiger partial charge in [0.2, 0.25) is 0 Å². The molecule has 1 heterocycles. The molecule has 0 radical (unpaired) electrons. The zero-order valence-corrected chi connectivity index (χ0v) is 12.2. The molecule has 0 aliphatic carbocycles. The Balaban J connectivity index is 1.93. The fraction of sp³-hybridized carbons (Fsp3) is 0. The van der Waals surface area contributed by atoms with E-state index in [9.17, 15) is 9.59 Å². The Hall–Kier alpha value is -3.20. The summed E-state index contributed by atoms with van der Waals surface area (Å²) in [5.41, 5.74) is 2.63. The number of para-hydroxylation sites is 1. The normalized spacial score (nSPS) is 11.0. The Bertz CT molecular complexity index is 1090. The minimum Gasteiger partial charge on any atom is -0.354 e. The van der Waals surface area contributed by atoms with Crippen LogP contribution < -0.4 is 5.43 Å². The van der Waals surface area contributed by atoms with E-state index in [2.05, 4.69) is 4.98 Å². The van der Waals surface area contributed by atoms with Crippen molar-refractivity contribution in [1.29, 1.82) is 0 Å². The van der Waals surface area contributed by atoms with Gasteiger partial charge in [0.1, 0.15) is 0 Å². The van der Waals surface area contributed by atoms with Gasteiger partial charge in [0, 0.05) is 27.4 Å². The van der Waals surface area contributed by atoms with E-state index in [0.29, 0.717) is 27.4 Å².